The van der Waals surface area contributed by atoms with Crippen molar-refractivity contribution in [2.75, 3.05) is 39.5 Å². The molecule has 1 aromatic rings. The number of fused-ring (bicyclic) bond motifs is 1. The van der Waals surface area contributed by atoms with E-state index in [0.29, 0.717) is 37.7 Å². The molecule has 202 valence electrons. The van der Waals surface area contributed by atoms with Gasteiger partial charge in [-0.3, -0.25) is 14.5 Å². The van der Waals surface area contributed by atoms with E-state index in [1.54, 1.807) is 0 Å². The Bertz CT molecular complexity index is 882. The molecule has 0 saturated carbocycles. The summed E-state index contributed by atoms with van der Waals surface area (Å²) in [5, 5.41) is 10.4. The van der Waals surface area contributed by atoms with Crippen LogP contribution in [0.5, 0.6) is 11.5 Å². The van der Waals surface area contributed by atoms with Crippen molar-refractivity contribution >= 4 is 11.9 Å². The minimum absolute atomic E-state index is 0.0281. The molecule has 0 aromatic heterocycles. The van der Waals surface area contributed by atoms with E-state index in [1.807, 2.05) is 23.1 Å². The lowest BCUT2D eigenvalue weighted by Crippen LogP contribution is -2.46. The number of carboxylic acids is 1. The fourth-order valence-corrected chi connectivity index (χ4v) is 5.84. The quantitative estimate of drug-likeness (QED) is 0.394. The molecule has 8 heteroatoms. The molecular weight excluding hydrogens is 458 g/mol. The predicted molar refractivity (Wildman–Crippen MR) is 140 cm³/mol. The van der Waals surface area contributed by atoms with Crippen LogP contribution in [0.2, 0.25) is 0 Å². The van der Waals surface area contributed by atoms with E-state index in [2.05, 4.69) is 32.6 Å². The molecule has 1 fully saturated rings. The molecule has 0 bridgehead atoms. The van der Waals surface area contributed by atoms with Crippen LogP contribution in [0, 0.1) is 11.3 Å². The van der Waals surface area contributed by atoms with Crippen LogP contribution < -0.4 is 15.2 Å². The summed E-state index contributed by atoms with van der Waals surface area (Å²) in [5.41, 5.74) is 6.62. The van der Waals surface area contributed by atoms with Gasteiger partial charge in [-0.05, 0) is 55.3 Å². The molecule has 1 unspecified atom stereocenters. The molecule has 0 spiro atoms. The van der Waals surface area contributed by atoms with E-state index in [0.717, 1.165) is 44.1 Å². The van der Waals surface area contributed by atoms with Crippen molar-refractivity contribution in [2.45, 2.75) is 78.2 Å². The van der Waals surface area contributed by atoms with Crippen LogP contribution in [0.1, 0.15) is 77.7 Å². The Hall–Kier alpha value is -2.32. The van der Waals surface area contributed by atoms with Gasteiger partial charge in [0.25, 0.3) is 0 Å². The molecule has 0 aliphatic carbocycles. The van der Waals surface area contributed by atoms with Crippen LogP contribution in [0.25, 0.3) is 0 Å². The number of amides is 1. The van der Waals surface area contributed by atoms with Crippen LogP contribution in [-0.4, -0.2) is 72.3 Å². The van der Waals surface area contributed by atoms with E-state index in [4.69, 9.17) is 15.2 Å². The Kier molecular flexibility index (Phi) is 10.0. The molecule has 2 heterocycles. The smallest absolute Gasteiger partial charge is 0.308 e. The van der Waals surface area contributed by atoms with Gasteiger partial charge in [0.2, 0.25) is 12.7 Å². The van der Waals surface area contributed by atoms with E-state index in [1.165, 1.54) is 0 Å². The standard InChI is InChI=1S/C28H45N3O5/c1-5-7-13-30(14-8-12-29)25(32)18-31-17-21(20-9-10-23-24(15-20)36-19-35-23)26(27(33)34)22(31)16-28(3,4)11-6-2/h9-10,15,21-22,26H,5-8,11-14,16-19,29H2,1-4H3,(H,33,34)/t21-,22+,26?/m1/s1. The van der Waals surface area contributed by atoms with Gasteiger partial charge in [0.15, 0.2) is 11.5 Å². The fourth-order valence-electron chi connectivity index (χ4n) is 5.84. The number of hydrogen-bond donors (Lipinski definition) is 2. The number of likely N-dealkylation sites (tertiary alicyclic amines) is 1. The number of nitrogens with two attached hydrogens (primary N) is 1. The molecular formula is C28H45N3O5. The maximum Gasteiger partial charge on any atom is 0.308 e. The molecule has 2 aliphatic heterocycles. The number of unbranched alkanes of at least 4 members (excludes halogenated alkanes) is 1. The fraction of sp³-hybridized carbons (Fsp3) is 0.714. The first kappa shape index (κ1) is 28.3. The van der Waals surface area contributed by atoms with E-state index >= 15 is 0 Å². The first-order valence-electron chi connectivity index (χ1n) is 13.5. The number of nitrogens with zero attached hydrogens (tertiary/aromatic N) is 2. The molecule has 1 amide bonds. The van der Waals surface area contributed by atoms with E-state index < -0.39 is 11.9 Å². The van der Waals surface area contributed by atoms with Gasteiger partial charge in [-0.15, -0.1) is 0 Å². The number of hydrogen-bond acceptors (Lipinski definition) is 6. The van der Waals surface area contributed by atoms with Crippen LogP contribution in [0.3, 0.4) is 0 Å². The van der Waals surface area contributed by atoms with Crippen LogP contribution in [0.15, 0.2) is 18.2 Å². The molecule has 0 radical (unpaired) electrons. The first-order valence-corrected chi connectivity index (χ1v) is 13.5. The molecule has 8 nitrogen and oxygen atoms in total. The van der Waals surface area contributed by atoms with Crippen molar-refractivity contribution in [1.82, 2.24) is 9.80 Å². The average molecular weight is 504 g/mol. The Morgan fingerprint density at radius 3 is 2.53 bits per heavy atom. The number of aliphatic carboxylic acids is 1. The summed E-state index contributed by atoms with van der Waals surface area (Å²) in [6.07, 6.45) is 5.49. The van der Waals surface area contributed by atoms with Crippen molar-refractivity contribution in [3.05, 3.63) is 23.8 Å². The summed E-state index contributed by atoms with van der Waals surface area (Å²) in [7, 11) is 0. The second kappa shape index (κ2) is 12.8. The number of ether oxygens (including phenoxy) is 2. The summed E-state index contributed by atoms with van der Waals surface area (Å²) in [6.45, 7) is 11.5. The maximum absolute atomic E-state index is 13.5. The van der Waals surface area contributed by atoms with Crippen molar-refractivity contribution < 1.29 is 24.2 Å². The Balaban J connectivity index is 1.90. The summed E-state index contributed by atoms with van der Waals surface area (Å²) in [4.78, 5) is 30.3. The van der Waals surface area contributed by atoms with Gasteiger partial charge in [-0.25, -0.2) is 0 Å². The highest BCUT2D eigenvalue weighted by atomic mass is 16.7. The van der Waals surface area contributed by atoms with E-state index in [-0.39, 0.29) is 36.6 Å². The minimum Gasteiger partial charge on any atom is -0.481 e. The zero-order valence-corrected chi connectivity index (χ0v) is 22.5. The van der Waals surface area contributed by atoms with Crippen molar-refractivity contribution in [3.63, 3.8) is 0 Å². The molecule has 1 aromatic carbocycles. The van der Waals surface area contributed by atoms with Crippen molar-refractivity contribution in [1.29, 1.82) is 0 Å². The third-order valence-corrected chi connectivity index (χ3v) is 7.65. The van der Waals surface area contributed by atoms with Crippen molar-refractivity contribution in [3.8, 4) is 11.5 Å². The predicted octanol–water partition coefficient (Wildman–Crippen LogP) is 4.08. The molecule has 3 N–H and O–H groups in total. The summed E-state index contributed by atoms with van der Waals surface area (Å²) in [5.74, 6) is -0.256. The van der Waals surface area contributed by atoms with Crippen LogP contribution >= 0.6 is 0 Å². The van der Waals surface area contributed by atoms with Crippen molar-refractivity contribution in [2.24, 2.45) is 17.1 Å². The molecule has 3 rings (SSSR count). The number of carbonyl (C=O) groups is 2. The van der Waals surface area contributed by atoms with Gasteiger partial charge < -0.3 is 25.2 Å². The topological polar surface area (TPSA) is 105 Å². The summed E-state index contributed by atoms with van der Waals surface area (Å²) in [6, 6.07) is 5.49. The maximum atomic E-state index is 13.5. The SMILES string of the molecule is CCCCN(CCCN)C(=O)CN1C[C@H](c2ccc3c(c2)OCO3)C(C(=O)O)[C@@H]1CC(C)(C)CCC. The van der Waals surface area contributed by atoms with Gasteiger partial charge in [0, 0.05) is 31.6 Å². The number of carbonyl (C=O) groups excluding carboxylic acids is 1. The van der Waals surface area contributed by atoms with Gasteiger partial charge >= 0.3 is 5.97 Å². The average Bonchev–Trinajstić information content (AvgIpc) is 3.43. The van der Waals surface area contributed by atoms with Gasteiger partial charge in [0.1, 0.15) is 0 Å². The van der Waals surface area contributed by atoms with Gasteiger partial charge in [-0.2, -0.15) is 0 Å². The number of rotatable bonds is 14. The monoisotopic (exact) mass is 503 g/mol. The van der Waals surface area contributed by atoms with E-state index in [9.17, 15) is 14.7 Å². The third-order valence-electron chi connectivity index (χ3n) is 7.65. The normalized spacial score (nSPS) is 21.6. The second-order valence-electron chi connectivity index (χ2n) is 11.1. The largest absolute Gasteiger partial charge is 0.481 e. The van der Waals surface area contributed by atoms with Crippen LogP contribution in [-0.2, 0) is 9.59 Å². The molecule has 36 heavy (non-hydrogen) atoms. The lowest BCUT2D eigenvalue weighted by molar-refractivity contribution is -0.144. The second-order valence-corrected chi connectivity index (χ2v) is 11.1. The number of benzene rings is 1. The number of carboxylic acid groups (broad SMARTS) is 1. The Morgan fingerprint density at radius 1 is 1.14 bits per heavy atom. The lowest BCUT2D eigenvalue weighted by atomic mass is 9.76. The first-order chi connectivity index (χ1) is 17.2. The molecule has 3 atom stereocenters. The highest BCUT2D eigenvalue weighted by Gasteiger charge is 2.48. The molecule has 2 aliphatic rings. The van der Waals surface area contributed by atoms with Crippen LogP contribution in [0.4, 0.5) is 0 Å². The Morgan fingerprint density at radius 2 is 1.86 bits per heavy atom. The minimum atomic E-state index is -0.809. The highest BCUT2D eigenvalue weighted by Crippen LogP contribution is 2.45. The highest BCUT2D eigenvalue weighted by molar-refractivity contribution is 5.79. The third kappa shape index (κ3) is 6.91. The van der Waals surface area contributed by atoms with Gasteiger partial charge in [0.05, 0.1) is 12.5 Å². The van der Waals surface area contributed by atoms with Gasteiger partial charge in [-0.1, -0.05) is 46.6 Å². The Labute approximate surface area is 216 Å². The lowest BCUT2D eigenvalue weighted by Gasteiger charge is -2.35. The zero-order valence-electron chi connectivity index (χ0n) is 22.5. The summed E-state index contributed by atoms with van der Waals surface area (Å²) >= 11 is 0. The zero-order chi connectivity index (χ0) is 26.3. The molecule has 1 saturated heterocycles. The summed E-state index contributed by atoms with van der Waals surface area (Å²) < 4.78 is 11.0.